The molecule has 74 valence electrons. The van der Waals surface area contributed by atoms with Gasteiger partial charge in [0.25, 0.3) is 0 Å². The zero-order chi connectivity index (χ0) is 10.7. The first kappa shape index (κ1) is 10.9. The maximum atomic E-state index is 10.9. The summed E-state index contributed by atoms with van der Waals surface area (Å²) in [6.07, 6.45) is 1.87. The third-order valence-electron chi connectivity index (χ3n) is 1.50. The molecule has 0 saturated heterocycles. The summed E-state index contributed by atoms with van der Waals surface area (Å²) in [5.74, 6) is -0.186. The fraction of sp³-hybridized carbons (Fsp3) is 0.250. The van der Waals surface area contributed by atoms with Crippen molar-refractivity contribution in [3.05, 3.63) is 4.88 Å². The lowest BCUT2D eigenvalue weighted by atomic mass is 10.3. The predicted octanol–water partition coefficient (Wildman–Crippen LogP) is 1.88. The van der Waals surface area contributed by atoms with E-state index < -0.39 is 0 Å². The Morgan fingerprint density at radius 3 is 2.79 bits per heavy atom. The maximum absolute atomic E-state index is 10.9. The van der Waals surface area contributed by atoms with Gasteiger partial charge in [-0.05, 0) is 6.26 Å². The van der Waals surface area contributed by atoms with E-state index in [1.54, 1.807) is 0 Å². The van der Waals surface area contributed by atoms with Gasteiger partial charge in [0, 0.05) is 6.92 Å². The van der Waals surface area contributed by atoms with Crippen LogP contribution in [-0.2, 0) is 4.79 Å². The molecule has 1 aromatic rings. The highest BCUT2D eigenvalue weighted by molar-refractivity contribution is 8.00. The van der Waals surface area contributed by atoms with Crippen LogP contribution >= 0.6 is 23.1 Å². The van der Waals surface area contributed by atoms with Crippen LogP contribution in [0.25, 0.3) is 0 Å². The number of thiophene rings is 1. The molecule has 0 unspecified atom stereocenters. The standard InChI is InChI=1S/C8H9N3OS2/c1-4(12)11-7-6(10)5(3-9)14-8(7)13-2/h10H2,1-2H3,(H,11,12). The summed E-state index contributed by atoms with van der Waals surface area (Å²) in [5, 5.41) is 11.4. The molecule has 1 amide bonds. The van der Waals surface area contributed by atoms with Crippen LogP contribution in [0.1, 0.15) is 11.8 Å². The Morgan fingerprint density at radius 2 is 2.36 bits per heavy atom. The van der Waals surface area contributed by atoms with Gasteiger partial charge < -0.3 is 11.1 Å². The third kappa shape index (κ3) is 2.00. The Balaban J connectivity index is 3.19. The normalized spacial score (nSPS) is 9.50. The number of nitrogens with two attached hydrogens (primary N) is 1. The molecule has 14 heavy (non-hydrogen) atoms. The number of rotatable bonds is 2. The molecular formula is C8H9N3OS2. The lowest BCUT2D eigenvalue weighted by molar-refractivity contribution is -0.114. The minimum atomic E-state index is -0.186. The van der Waals surface area contributed by atoms with Crippen molar-refractivity contribution in [1.82, 2.24) is 0 Å². The molecule has 0 fully saturated rings. The summed E-state index contributed by atoms with van der Waals surface area (Å²) in [5.41, 5.74) is 6.62. The number of nitriles is 1. The number of nitrogen functional groups attached to an aromatic ring is 1. The van der Waals surface area contributed by atoms with Gasteiger partial charge in [-0.15, -0.1) is 23.1 Å². The fourth-order valence-corrected chi connectivity index (χ4v) is 2.60. The van der Waals surface area contributed by atoms with E-state index in [-0.39, 0.29) is 5.91 Å². The smallest absolute Gasteiger partial charge is 0.221 e. The number of hydrogen-bond donors (Lipinski definition) is 2. The van der Waals surface area contributed by atoms with Gasteiger partial charge in [-0.3, -0.25) is 4.79 Å². The summed E-state index contributed by atoms with van der Waals surface area (Å²) in [6, 6.07) is 1.99. The SMILES string of the molecule is CSc1sc(C#N)c(N)c1NC(C)=O. The van der Waals surface area contributed by atoms with Gasteiger partial charge in [-0.2, -0.15) is 5.26 Å². The van der Waals surface area contributed by atoms with Gasteiger partial charge >= 0.3 is 0 Å². The van der Waals surface area contributed by atoms with E-state index in [4.69, 9.17) is 11.0 Å². The molecule has 0 aliphatic rings. The largest absolute Gasteiger partial charge is 0.395 e. The monoisotopic (exact) mass is 227 g/mol. The van der Waals surface area contributed by atoms with Crippen LogP contribution in [0.4, 0.5) is 11.4 Å². The molecule has 0 atom stereocenters. The second-order valence-electron chi connectivity index (χ2n) is 2.50. The lowest BCUT2D eigenvalue weighted by Crippen LogP contribution is -2.07. The van der Waals surface area contributed by atoms with Crippen LogP contribution < -0.4 is 11.1 Å². The minimum Gasteiger partial charge on any atom is -0.395 e. The molecular weight excluding hydrogens is 218 g/mol. The minimum absolute atomic E-state index is 0.186. The van der Waals surface area contributed by atoms with Crippen molar-refractivity contribution < 1.29 is 4.79 Å². The Hall–Kier alpha value is -1.19. The van der Waals surface area contributed by atoms with Gasteiger partial charge in [0.15, 0.2) is 0 Å². The molecule has 1 aromatic heterocycles. The Labute approximate surface area is 90.1 Å². The molecule has 0 bridgehead atoms. The number of carbonyl (C=O) groups excluding carboxylic acids is 1. The van der Waals surface area contributed by atoms with Crippen molar-refractivity contribution in [2.24, 2.45) is 0 Å². The second kappa shape index (κ2) is 4.35. The summed E-state index contributed by atoms with van der Waals surface area (Å²) < 4.78 is 0.856. The maximum Gasteiger partial charge on any atom is 0.221 e. The number of thioether (sulfide) groups is 1. The van der Waals surface area contributed by atoms with E-state index in [0.29, 0.717) is 16.3 Å². The van der Waals surface area contributed by atoms with E-state index in [1.807, 2.05) is 12.3 Å². The van der Waals surface area contributed by atoms with Crippen LogP contribution in [0, 0.1) is 11.3 Å². The Bertz CT molecular complexity index is 405. The third-order valence-corrected chi connectivity index (χ3v) is 3.73. The number of nitrogens with zero attached hydrogens (tertiary/aromatic N) is 1. The van der Waals surface area contributed by atoms with Crippen molar-refractivity contribution in [3.63, 3.8) is 0 Å². The van der Waals surface area contributed by atoms with E-state index in [9.17, 15) is 4.79 Å². The van der Waals surface area contributed by atoms with Gasteiger partial charge in [-0.1, -0.05) is 0 Å². The molecule has 0 saturated carbocycles. The molecule has 4 nitrogen and oxygen atoms in total. The number of nitrogens with one attached hydrogen (secondary N) is 1. The first-order valence-electron chi connectivity index (χ1n) is 3.74. The zero-order valence-corrected chi connectivity index (χ0v) is 9.38. The number of anilines is 2. The highest BCUT2D eigenvalue weighted by Crippen LogP contribution is 2.40. The van der Waals surface area contributed by atoms with Gasteiger partial charge in [-0.25, -0.2) is 0 Å². The highest BCUT2D eigenvalue weighted by Gasteiger charge is 2.15. The molecule has 0 aliphatic carbocycles. The average molecular weight is 227 g/mol. The van der Waals surface area contributed by atoms with Crippen LogP contribution in [0.2, 0.25) is 0 Å². The Morgan fingerprint density at radius 1 is 1.71 bits per heavy atom. The van der Waals surface area contributed by atoms with Crippen LogP contribution in [0.5, 0.6) is 0 Å². The van der Waals surface area contributed by atoms with Gasteiger partial charge in [0.2, 0.25) is 5.91 Å². The van der Waals surface area contributed by atoms with Crippen molar-refractivity contribution in [3.8, 4) is 6.07 Å². The molecule has 0 aliphatic heterocycles. The van der Waals surface area contributed by atoms with Crippen molar-refractivity contribution in [2.75, 3.05) is 17.3 Å². The van der Waals surface area contributed by atoms with Crippen molar-refractivity contribution in [1.29, 1.82) is 5.26 Å². The predicted molar refractivity (Wildman–Crippen MR) is 59.5 cm³/mol. The zero-order valence-electron chi connectivity index (χ0n) is 7.75. The quantitative estimate of drug-likeness (QED) is 0.756. The van der Waals surface area contributed by atoms with E-state index >= 15 is 0 Å². The van der Waals surface area contributed by atoms with Crippen molar-refractivity contribution >= 4 is 40.4 Å². The molecule has 0 spiro atoms. The summed E-state index contributed by atoms with van der Waals surface area (Å²) in [4.78, 5) is 11.3. The van der Waals surface area contributed by atoms with Crippen molar-refractivity contribution in [2.45, 2.75) is 11.1 Å². The summed E-state index contributed by atoms with van der Waals surface area (Å²) >= 11 is 2.75. The van der Waals surface area contributed by atoms with E-state index in [1.165, 1.54) is 30.0 Å². The van der Waals surface area contributed by atoms with E-state index in [0.717, 1.165) is 4.21 Å². The average Bonchev–Trinajstić information content (AvgIpc) is 2.43. The lowest BCUT2D eigenvalue weighted by Gasteiger charge is -2.02. The topological polar surface area (TPSA) is 78.9 Å². The molecule has 1 heterocycles. The summed E-state index contributed by atoms with van der Waals surface area (Å²) in [7, 11) is 0. The highest BCUT2D eigenvalue weighted by atomic mass is 32.2. The van der Waals surface area contributed by atoms with Gasteiger partial charge in [0.05, 0.1) is 15.6 Å². The number of carbonyl (C=O) groups is 1. The molecule has 1 rings (SSSR count). The van der Waals surface area contributed by atoms with E-state index in [2.05, 4.69) is 5.32 Å². The number of amides is 1. The van der Waals surface area contributed by atoms with Crippen LogP contribution in [0.3, 0.4) is 0 Å². The molecule has 3 N–H and O–H groups in total. The van der Waals surface area contributed by atoms with Gasteiger partial charge in [0.1, 0.15) is 10.9 Å². The molecule has 0 radical (unpaired) electrons. The Kier molecular flexibility index (Phi) is 3.38. The summed E-state index contributed by atoms with van der Waals surface area (Å²) in [6.45, 7) is 1.41. The number of hydrogen-bond acceptors (Lipinski definition) is 5. The first-order valence-corrected chi connectivity index (χ1v) is 5.78. The first-order chi connectivity index (χ1) is 6.60. The van der Waals surface area contributed by atoms with Crippen LogP contribution in [-0.4, -0.2) is 12.2 Å². The molecule has 0 aromatic carbocycles. The second-order valence-corrected chi connectivity index (χ2v) is 4.60. The molecule has 6 heteroatoms. The van der Waals surface area contributed by atoms with Crippen LogP contribution in [0.15, 0.2) is 4.21 Å². The fourth-order valence-electron chi connectivity index (χ4n) is 0.943.